The normalized spacial score (nSPS) is 24.2. The average Bonchev–Trinajstić information content (AvgIpc) is 3.08. The van der Waals surface area contributed by atoms with E-state index in [-0.39, 0.29) is 5.91 Å². The summed E-state index contributed by atoms with van der Waals surface area (Å²) in [4.78, 5) is 25.4. The molecular weight excluding hydrogens is 262 g/mol. The Morgan fingerprint density at radius 2 is 1.95 bits per heavy atom. The van der Waals surface area contributed by atoms with Crippen LogP contribution in [-0.2, 0) is 15.0 Å². The molecule has 2 aliphatic rings. The lowest BCUT2D eigenvalue weighted by Gasteiger charge is -2.26. The van der Waals surface area contributed by atoms with Gasteiger partial charge in [-0.25, -0.2) is 4.79 Å². The molecule has 0 radical (unpaired) electrons. The highest BCUT2D eigenvalue weighted by atomic mass is 32.2. The highest BCUT2D eigenvalue weighted by Gasteiger charge is 2.55. The van der Waals surface area contributed by atoms with E-state index in [0.29, 0.717) is 11.6 Å². The van der Waals surface area contributed by atoms with Crippen LogP contribution in [0, 0.1) is 0 Å². The van der Waals surface area contributed by atoms with Gasteiger partial charge in [0.1, 0.15) is 6.04 Å². The van der Waals surface area contributed by atoms with Gasteiger partial charge < -0.3 is 10.0 Å². The van der Waals surface area contributed by atoms with Crippen LogP contribution in [0.1, 0.15) is 18.4 Å². The summed E-state index contributed by atoms with van der Waals surface area (Å²) in [6.07, 6.45) is 1.65. The number of benzene rings is 1. The molecule has 1 saturated carbocycles. The Morgan fingerprint density at radius 3 is 2.53 bits per heavy atom. The van der Waals surface area contributed by atoms with Gasteiger partial charge in [0.05, 0.1) is 11.3 Å². The first-order valence-corrected chi connectivity index (χ1v) is 7.48. The monoisotopic (exact) mass is 277 g/mol. The Kier molecular flexibility index (Phi) is 3.01. The SMILES string of the molecule is O=C(O)[C@@H]1CSCN1C(=O)C1(c2ccccc2)CC1. The number of hydrogen-bond acceptors (Lipinski definition) is 3. The van der Waals surface area contributed by atoms with Crippen LogP contribution in [0.2, 0.25) is 0 Å². The summed E-state index contributed by atoms with van der Waals surface area (Å²) in [5.74, 6) is 0.0642. The van der Waals surface area contributed by atoms with Gasteiger partial charge in [0, 0.05) is 5.75 Å². The predicted molar refractivity (Wildman–Crippen MR) is 72.9 cm³/mol. The standard InChI is InChI=1S/C14H15NO3S/c16-12(17)11-8-19-9-15(11)13(18)14(6-7-14)10-4-2-1-3-5-10/h1-5,11H,6-9H2,(H,16,17)/t11-/m0/s1. The number of carbonyl (C=O) groups is 2. The van der Waals surface area contributed by atoms with Gasteiger partial charge in [-0.2, -0.15) is 0 Å². The highest BCUT2D eigenvalue weighted by molar-refractivity contribution is 7.99. The van der Waals surface area contributed by atoms with Crippen LogP contribution in [0.3, 0.4) is 0 Å². The van der Waals surface area contributed by atoms with Crippen molar-refractivity contribution in [2.75, 3.05) is 11.6 Å². The Labute approximate surface area is 115 Å². The fraction of sp³-hybridized carbons (Fsp3) is 0.429. The first-order valence-electron chi connectivity index (χ1n) is 6.32. The van der Waals surface area contributed by atoms with E-state index < -0.39 is 17.4 Å². The number of hydrogen-bond donors (Lipinski definition) is 1. The van der Waals surface area contributed by atoms with Gasteiger partial charge in [-0.05, 0) is 18.4 Å². The zero-order valence-electron chi connectivity index (χ0n) is 10.4. The lowest BCUT2D eigenvalue weighted by atomic mass is 9.94. The number of thioether (sulfide) groups is 1. The van der Waals surface area contributed by atoms with Gasteiger partial charge in [0.2, 0.25) is 5.91 Å². The molecule has 1 aromatic rings. The van der Waals surface area contributed by atoms with E-state index in [2.05, 4.69) is 0 Å². The van der Waals surface area contributed by atoms with Crippen molar-refractivity contribution in [3.63, 3.8) is 0 Å². The van der Waals surface area contributed by atoms with Crippen LogP contribution in [0.4, 0.5) is 0 Å². The molecule has 0 unspecified atom stereocenters. The molecule has 1 saturated heterocycles. The van der Waals surface area contributed by atoms with E-state index in [4.69, 9.17) is 0 Å². The molecule has 3 rings (SSSR count). The molecule has 1 aromatic carbocycles. The molecule has 1 N–H and O–H groups in total. The molecule has 1 aliphatic carbocycles. The Morgan fingerprint density at radius 1 is 1.26 bits per heavy atom. The first kappa shape index (κ1) is 12.5. The topological polar surface area (TPSA) is 57.6 Å². The Hall–Kier alpha value is -1.49. The molecule has 4 nitrogen and oxygen atoms in total. The fourth-order valence-corrected chi connectivity index (χ4v) is 3.78. The summed E-state index contributed by atoms with van der Waals surface area (Å²) < 4.78 is 0. The van der Waals surface area contributed by atoms with E-state index in [0.717, 1.165) is 18.4 Å². The number of amides is 1. The predicted octanol–water partition coefficient (Wildman–Crippen LogP) is 1.70. The molecule has 0 aromatic heterocycles. The third-order valence-corrected chi connectivity index (χ3v) is 4.93. The average molecular weight is 277 g/mol. The van der Waals surface area contributed by atoms with Crippen molar-refractivity contribution >= 4 is 23.6 Å². The smallest absolute Gasteiger partial charge is 0.327 e. The third kappa shape index (κ3) is 2.02. The van der Waals surface area contributed by atoms with Gasteiger partial charge >= 0.3 is 5.97 Å². The maximum Gasteiger partial charge on any atom is 0.327 e. The van der Waals surface area contributed by atoms with E-state index >= 15 is 0 Å². The first-order chi connectivity index (χ1) is 9.15. The van der Waals surface area contributed by atoms with Crippen molar-refractivity contribution in [1.82, 2.24) is 4.90 Å². The van der Waals surface area contributed by atoms with Gasteiger partial charge in [0.15, 0.2) is 0 Å². The van der Waals surface area contributed by atoms with Crippen molar-refractivity contribution < 1.29 is 14.7 Å². The Balaban J connectivity index is 1.86. The summed E-state index contributed by atoms with van der Waals surface area (Å²) in [5.41, 5.74) is 0.556. The molecule has 0 bridgehead atoms. The second kappa shape index (κ2) is 4.56. The molecule has 1 amide bonds. The maximum absolute atomic E-state index is 12.7. The second-order valence-corrected chi connectivity index (χ2v) is 6.08. The van der Waals surface area contributed by atoms with Crippen LogP contribution < -0.4 is 0 Å². The third-order valence-electron chi connectivity index (χ3n) is 3.91. The molecule has 100 valence electrons. The molecule has 0 spiro atoms. The van der Waals surface area contributed by atoms with Crippen molar-refractivity contribution in [2.24, 2.45) is 0 Å². The molecule has 1 atom stereocenters. The molecular formula is C14H15NO3S. The second-order valence-electron chi connectivity index (χ2n) is 5.08. The van der Waals surface area contributed by atoms with E-state index in [1.807, 2.05) is 30.3 Å². The lowest BCUT2D eigenvalue weighted by Crippen LogP contribution is -2.46. The fourth-order valence-electron chi connectivity index (χ4n) is 2.63. The van der Waals surface area contributed by atoms with Gasteiger partial charge in [0.25, 0.3) is 0 Å². The Bertz CT molecular complexity index is 513. The van der Waals surface area contributed by atoms with Gasteiger partial charge in [-0.15, -0.1) is 11.8 Å². The molecule has 1 heterocycles. The number of carbonyl (C=O) groups excluding carboxylic acids is 1. The molecule has 1 aliphatic heterocycles. The minimum Gasteiger partial charge on any atom is -0.480 e. The van der Waals surface area contributed by atoms with Gasteiger partial charge in [-0.1, -0.05) is 30.3 Å². The zero-order valence-corrected chi connectivity index (χ0v) is 11.2. The van der Waals surface area contributed by atoms with E-state index in [1.54, 1.807) is 0 Å². The number of nitrogens with zero attached hydrogens (tertiary/aromatic N) is 1. The highest BCUT2D eigenvalue weighted by Crippen LogP contribution is 2.50. The van der Waals surface area contributed by atoms with Crippen LogP contribution in [-0.4, -0.2) is 39.6 Å². The van der Waals surface area contributed by atoms with Crippen LogP contribution in [0.25, 0.3) is 0 Å². The zero-order chi connectivity index (χ0) is 13.5. The summed E-state index contributed by atoms with van der Waals surface area (Å²) in [6.45, 7) is 0. The quantitative estimate of drug-likeness (QED) is 0.913. The van der Waals surface area contributed by atoms with Gasteiger partial charge in [-0.3, -0.25) is 4.79 Å². The van der Waals surface area contributed by atoms with Crippen molar-refractivity contribution in [1.29, 1.82) is 0 Å². The molecule has 2 fully saturated rings. The minimum absolute atomic E-state index is 0.0175. The molecule has 5 heteroatoms. The largest absolute Gasteiger partial charge is 0.480 e. The van der Waals surface area contributed by atoms with E-state index in [1.165, 1.54) is 16.7 Å². The number of aliphatic carboxylic acids is 1. The summed E-state index contributed by atoms with van der Waals surface area (Å²) in [5, 5.41) is 9.18. The number of carboxylic acid groups (broad SMARTS) is 1. The minimum atomic E-state index is -0.901. The summed E-state index contributed by atoms with van der Waals surface area (Å²) in [7, 11) is 0. The maximum atomic E-state index is 12.7. The molecule has 19 heavy (non-hydrogen) atoms. The lowest BCUT2D eigenvalue weighted by molar-refractivity contribution is -0.148. The van der Waals surface area contributed by atoms with Crippen molar-refractivity contribution in [2.45, 2.75) is 24.3 Å². The summed E-state index contributed by atoms with van der Waals surface area (Å²) in [6, 6.07) is 9.04. The summed E-state index contributed by atoms with van der Waals surface area (Å²) >= 11 is 1.51. The number of carboxylic acids is 1. The number of rotatable bonds is 3. The van der Waals surface area contributed by atoms with E-state index in [9.17, 15) is 14.7 Å². The van der Waals surface area contributed by atoms with Crippen LogP contribution in [0.15, 0.2) is 30.3 Å². The van der Waals surface area contributed by atoms with Crippen molar-refractivity contribution in [3.8, 4) is 0 Å². The van der Waals surface area contributed by atoms with Crippen LogP contribution >= 0.6 is 11.8 Å². The van der Waals surface area contributed by atoms with Crippen molar-refractivity contribution in [3.05, 3.63) is 35.9 Å². The van der Waals surface area contributed by atoms with Crippen LogP contribution in [0.5, 0.6) is 0 Å².